The van der Waals surface area contributed by atoms with E-state index in [9.17, 15) is 19.7 Å². The lowest BCUT2D eigenvalue weighted by molar-refractivity contribution is -0.159. The fourth-order valence-electron chi connectivity index (χ4n) is 2.32. The first-order valence-electron chi connectivity index (χ1n) is 5.97. The molecule has 2 rings (SSSR count). The Morgan fingerprint density at radius 2 is 2.30 bits per heavy atom. The van der Waals surface area contributed by atoms with Gasteiger partial charge in [-0.3, -0.25) is 4.99 Å². The van der Waals surface area contributed by atoms with Crippen LogP contribution in [0.2, 0.25) is 0 Å². The van der Waals surface area contributed by atoms with Gasteiger partial charge in [0.1, 0.15) is 12.3 Å². The van der Waals surface area contributed by atoms with Gasteiger partial charge in [-0.05, 0) is 6.72 Å². The second kappa shape index (κ2) is 5.09. The molecule has 2 aliphatic heterocycles. The van der Waals surface area contributed by atoms with E-state index in [1.54, 1.807) is 6.92 Å². The maximum Gasteiger partial charge on any atom is 0.229 e. The Balaban J connectivity index is 2.29. The summed E-state index contributed by atoms with van der Waals surface area (Å²) in [5.41, 5.74) is 3.65. The Bertz CT molecular complexity index is 471. The average molecular weight is 288 g/mol. The van der Waals surface area contributed by atoms with Crippen molar-refractivity contribution in [3.63, 3.8) is 0 Å². The summed E-state index contributed by atoms with van der Waals surface area (Å²) in [6, 6.07) is 0. The van der Waals surface area contributed by atoms with Gasteiger partial charge in [-0.15, -0.1) is 0 Å². The monoisotopic (exact) mass is 288 g/mol. The number of hydrogen-bond donors (Lipinski definition) is 4. The molecule has 0 saturated carbocycles. The summed E-state index contributed by atoms with van der Waals surface area (Å²) in [7, 11) is 0. The summed E-state index contributed by atoms with van der Waals surface area (Å²) < 4.78 is 19.0. The van der Waals surface area contributed by atoms with E-state index in [4.69, 9.17) is 10.5 Å². The van der Waals surface area contributed by atoms with E-state index in [0.29, 0.717) is 0 Å². The lowest BCUT2D eigenvalue weighted by Gasteiger charge is -2.34. The minimum Gasteiger partial charge on any atom is -0.391 e. The van der Waals surface area contributed by atoms with Crippen molar-refractivity contribution in [1.29, 1.82) is 0 Å². The second-order valence-electron chi connectivity index (χ2n) is 4.76. The number of amidine groups is 1. The molecule has 112 valence electrons. The Hall–Kier alpha value is -1.55. The molecule has 5 N–H and O–H groups in total. The first-order chi connectivity index (χ1) is 9.36. The fraction of sp³-hybridized carbons (Fsp3) is 0.636. The van der Waals surface area contributed by atoms with Crippen molar-refractivity contribution in [3.05, 3.63) is 12.0 Å². The third kappa shape index (κ3) is 2.08. The molecular formula is C11H17FN4O4. The van der Waals surface area contributed by atoms with Crippen LogP contribution in [0.5, 0.6) is 0 Å². The van der Waals surface area contributed by atoms with Crippen molar-refractivity contribution in [3.8, 4) is 0 Å². The maximum absolute atomic E-state index is 13.5. The number of aliphatic imine (C=N–C) groups is 2. The van der Waals surface area contributed by atoms with E-state index < -0.39 is 48.6 Å². The van der Waals surface area contributed by atoms with E-state index in [1.165, 1.54) is 0 Å². The van der Waals surface area contributed by atoms with Crippen LogP contribution in [0.15, 0.2) is 22.0 Å². The molecule has 5 unspecified atom stereocenters. The highest BCUT2D eigenvalue weighted by atomic mass is 19.1. The van der Waals surface area contributed by atoms with E-state index >= 15 is 0 Å². The summed E-state index contributed by atoms with van der Waals surface area (Å²) in [5.74, 6) is -1.83. The van der Waals surface area contributed by atoms with Crippen molar-refractivity contribution in [2.75, 3.05) is 6.61 Å². The fourth-order valence-corrected chi connectivity index (χ4v) is 2.32. The highest BCUT2D eigenvalue weighted by molar-refractivity contribution is 5.95. The summed E-state index contributed by atoms with van der Waals surface area (Å²) in [6.07, 6.45) is -2.62. The molecule has 0 aromatic rings. The molecular weight excluding hydrogens is 271 g/mol. The summed E-state index contributed by atoms with van der Waals surface area (Å²) in [5, 5.41) is 29.3. The molecule has 2 aliphatic rings. The van der Waals surface area contributed by atoms with Crippen LogP contribution in [-0.2, 0) is 4.74 Å². The molecule has 0 amide bonds. The van der Waals surface area contributed by atoms with E-state index in [0.717, 1.165) is 11.1 Å². The van der Waals surface area contributed by atoms with Gasteiger partial charge in [0.25, 0.3) is 0 Å². The highest BCUT2D eigenvalue weighted by Crippen LogP contribution is 2.39. The van der Waals surface area contributed by atoms with Crippen LogP contribution in [0.3, 0.4) is 0 Å². The van der Waals surface area contributed by atoms with Crippen molar-refractivity contribution in [1.82, 2.24) is 4.90 Å². The summed E-state index contributed by atoms with van der Waals surface area (Å²) in [6.45, 7) is 4.30. The topological polar surface area (TPSA) is 124 Å². The Kier molecular flexibility index (Phi) is 3.78. The van der Waals surface area contributed by atoms with Crippen LogP contribution in [0.1, 0.15) is 6.92 Å². The van der Waals surface area contributed by atoms with Gasteiger partial charge >= 0.3 is 0 Å². The maximum atomic E-state index is 13.5. The zero-order valence-corrected chi connectivity index (χ0v) is 10.8. The minimum absolute atomic E-state index is 0.421. The summed E-state index contributed by atoms with van der Waals surface area (Å²) in [4.78, 5) is 8.19. The minimum atomic E-state index is -1.61. The third-order valence-corrected chi connectivity index (χ3v) is 3.55. The molecule has 9 heteroatoms. The molecule has 0 aliphatic carbocycles. The molecule has 1 saturated heterocycles. The molecule has 8 nitrogen and oxygen atoms in total. The quantitative estimate of drug-likeness (QED) is 0.468. The highest BCUT2D eigenvalue weighted by Gasteiger charge is 2.54. The molecule has 0 spiro atoms. The zero-order valence-electron chi connectivity index (χ0n) is 10.8. The molecule has 5 atom stereocenters. The molecule has 0 bridgehead atoms. The average Bonchev–Trinajstić information content (AvgIpc) is 2.68. The molecule has 1 fully saturated rings. The predicted molar refractivity (Wildman–Crippen MR) is 68.1 cm³/mol. The Labute approximate surface area is 114 Å². The van der Waals surface area contributed by atoms with Crippen molar-refractivity contribution in [2.24, 2.45) is 21.6 Å². The van der Waals surface area contributed by atoms with Gasteiger partial charge in [-0.25, -0.2) is 9.38 Å². The van der Waals surface area contributed by atoms with Gasteiger partial charge in [0.15, 0.2) is 11.7 Å². The predicted octanol–water partition coefficient (Wildman–Crippen LogP) is -1.51. The molecule has 20 heavy (non-hydrogen) atoms. The zero-order chi connectivity index (χ0) is 15.1. The molecule has 0 radical (unpaired) electrons. The van der Waals surface area contributed by atoms with E-state index in [1.807, 2.05) is 0 Å². The van der Waals surface area contributed by atoms with Crippen LogP contribution in [0.25, 0.3) is 0 Å². The van der Waals surface area contributed by atoms with Crippen LogP contribution < -0.4 is 5.73 Å². The lowest BCUT2D eigenvalue weighted by atomic mass is 9.98. The lowest BCUT2D eigenvalue weighted by Crippen LogP contribution is -2.45. The Morgan fingerprint density at radius 1 is 1.65 bits per heavy atom. The number of hydrogen-bond acceptors (Lipinski definition) is 8. The molecule has 0 aromatic heterocycles. The van der Waals surface area contributed by atoms with Gasteiger partial charge in [0, 0.05) is 12.1 Å². The van der Waals surface area contributed by atoms with Crippen molar-refractivity contribution < 1.29 is 24.4 Å². The standard InChI is InChI=1S/C11H17FN4O4/c1-5-7(18)11(4-17,14-2)20-9(5)16-3-6(12)8(13)15-10(16)19/h3,5,7,9-10,17-19H,2,4H2,1H3,(H2,13,15). The van der Waals surface area contributed by atoms with E-state index in [2.05, 4.69) is 16.7 Å². The summed E-state index contributed by atoms with van der Waals surface area (Å²) >= 11 is 0. The largest absolute Gasteiger partial charge is 0.391 e. The van der Waals surface area contributed by atoms with Gasteiger partial charge in [-0.1, -0.05) is 6.92 Å². The number of nitrogens with two attached hydrogens (primary N) is 1. The van der Waals surface area contributed by atoms with Gasteiger partial charge in [0.2, 0.25) is 12.1 Å². The molecule has 0 aromatic carbocycles. The normalized spacial score (nSPS) is 41.4. The number of rotatable bonds is 3. The van der Waals surface area contributed by atoms with Crippen molar-refractivity contribution in [2.45, 2.75) is 31.3 Å². The van der Waals surface area contributed by atoms with Crippen molar-refractivity contribution >= 4 is 12.6 Å². The number of halogens is 1. The van der Waals surface area contributed by atoms with Gasteiger partial charge < -0.3 is 30.7 Å². The number of nitrogens with zero attached hydrogens (tertiary/aromatic N) is 3. The van der Waals surface area contributed by atoms with Gasteiger partial charge in [0.05, 0.1) is 6.61 Å². The first kappa shape index (κ1) is 14.9. The van der Waals surface area contributed by atoms with Crippen LogP contribution in [0.4, 0.5) is 4.39 Å². The number of aliphatic hydroxyl groups excluding tert-OH is 3. The smallest absolute Gasteiger partial charge is 0.229 e. The SMILES string of the molecule is C=NC1(CO)OC(N2C=C(F)C(N)=NC2O)C(C)C1O. The van der Waals surface area contributed by atoms with Crippen LogP contribution >= 0.6 is 0 Å². The van der Waals surface area contributed by atoms with Crippen LogP contribution in [0, 0.1) is 5.92 Å². The van der Waals surface area contributed by atoms with Crippen LogP contribution in [-0.4, -0.2) is 63.8 Å². The third-order valence-electron chi connectivity index (χ3n) is 3.55. The van der Waals surface area contributed by atoms with Gasteiger partial charge in [-0.2, -0.15) is 0 Å². The number of aliphatic hydroxyl groups is 3. The van der Waals surface area contributed by atoms with E-state index in [-0.39, 0.29) is 0 Å². The first-order valence-corrected chi connectivity index (χ1v) is 5.97. The Morgan fingerprint density at radius 3 is 2.80 bits per heavy atom. The number of ether oxygens (including phenoxy) is 1. The molecule has 2 heterocycles. The second-order valence-corrected chi connectivity index (χ2v) is 4.76.